The number of carbonyl (C=O) groups is 1. The van der Waals surface area contributed by atoms with Crippen molar-refractivity contribution in [2.24, 2.45) is 11.8 Å². The van der Waals surface area contributed by atoms with E-state index in [0.29, 0.717) is 13.0 Å². The molecular formula is C10H17NO4S. The van der Waals surface area contributed by atoms with E-state index in [0.717, 1.165) is 6.42 Å². The summed E-state index contributed by atoms with van der Waals surface area (Å²) in [4.78, 5) is 12.7. The molecule has 2 fully saturated rings. The van der Waals surface area contributed by atoms with Crippen LogP contribution in [-0.4, -0.2) is 55.5 Å². The quantitative estimate of drug-likeness (QED) is 0.746. The van der Waals surface area contributed by atoms with E-state index in [4.69, 9.17) is 5.11 Å². The van der Waals surface area contributed by atoms with Crippen LogP contribution in [-0.2, 0) is 14.6 Å². The third kappa shape index (κ3) is 2.55. The molecule has 1 aliphatic heterocycles. The van der Waals surface area contributed by atoms with Crippen LogP contribution in [0.15, 0.2) is 0 Å². The molecule has 0 aromatic carbocycles. The zero-order valence-electron chi connectivity index (χ0n) is 9.30. The van der Waals surface area contributed by atoms with Gasteiger partial charge in [0.15, 0.2) is 9.84 Å². The molecule has 1 saturated carbocycles. The van der Waals surface area contributed by atoms with E-state index >= 15 is 0 Å². The largest absolute Gasteiger partial charge is 0.481 e. The molecule has 1 heterocycles. The van der Waals surface area contributed by atoms with Crippen molar-refractivity contribution in [1.82, 2.24) is 4.90 Å². The Balaban J connectivity index is 1.82. The lowest BCUT2D eigenvalue weighted by Crippen LogP contribution is -2.34. The fourth-order valence-corrected chi connectivity index (χ4v) is 4.20. The molecule has 0 radical (unpaired) electrons. The minimum absolute atomic E-state index is 0.0834. The summed E-state index contributed by atoms with van der Waals surface area (Å²) >= 11 is 0. The normalized spacial score (nSPS) is 36.5. The average Bonchev–Trinajstić information content (AvgIpc) is 2.83. The van der Waals surface area contributed by atoms with E-state index in [-0.39, 0.29) is 29.4 Å². The Hall–Kier alpha value is -0.620. The first kappa shape index (κ1) is 11.9. The average molecular weight is 247 g/mol. The van der Waals surface area contributed by atoms with Gasteiger partial charge in [0.2, 0.25) is 0 Å². The summed E-state index contributed by atoms with van der Waals surface area (Å²) in [6.45, 7) is 0.706. The first-order valence-corrected chi connectivity index (χ1v) is 7.34. The molecule has 0 bridgehead atoms. The van der Waals surface area contributed by atoms with E-state index in [1.54, 1.807) is 0 Å². The molecule has 2 rings (SSSR count). The highest BCUT2D eigenvalue weighted by Gasteiger charge is 2.44. The summed E-state index contributed by atoms with van der Waals surface area (Å²) in [5.41, 5.74) is 0. The molecule has 3 unspecified atom stereocenters. The fourth-order valence-electron chi connectivity index (χ4n) is 2.39. The zero-order chi connectivity index (χ0) is 11.9. The van der Waals surface area contributed by atoms with Crippen LogP contribution in [0, 0.1) is 11.8 Å². The molecule has 0 amide bonds. The van der Waals surface area contributed by atoms with Crippen molar-refractivity contribution in [3.8, 4) is 0 Å². The van der Waals surface area contributed by atoms with Gasteiger partial charge in [0, 0.05) is 12.6 Å². The third-order valence-electron chi connectivity index (χ3n) is 3.59. The molecule has 6 heteroatoms. The van der Waals surface area contributed by atoms with Gasteiger partial charge in [0.25, 0.3) is 0 Å². The number of nitrogens with zero attached hydrogens (tertiary/aromatic N) is 1. The second-order valence-corrected chi connectivity index (χ2v) is 7.17. The van der Waals surface area contributed by atoms with Crippen molar-refractivity contribution in [1.29, 1.82) is 0 Å². The number of rotatable bonds is 4. The van der Waals surface area contributed by atoms with Crippen LogP contribution in [0.1, 0.15) is 12.8 Å². The summed E-state index contributed by atoms with van der Waals surface area (Å²) in [5, 5.41) is 8.77. The molecule has 2 aliphatic rings. The van der Waals surface area contributed by atoms with Crippen LogP contribution < -0.4 is 0 Å². The van der Waals surface area contributed by atoms with Gasteiger partial charge < -0.3 is 10.0 Å². The predicted octanol–water partition coefficient (Wildman–Crippen LogP) is -0.174. The van der Waals surface area contributed by atoms with Crippen LogP contribution in [0.25, 0.3) is 0 Å². The predicted molar refractivity (Wildman–Crippen MR) is 58.9 cm³/mol. The van der Waals surface area contributed by atoms with Crippen LogP contribution in [0.5, 0.6) is 0 Å². The van der Waals surface area contributed by atoms with Crippen molar-refractivity contribution >= 4 is 15.8 Å². The third-order valence-corrected chi connectivity index (χ3v) is 5.34. The highest BCUT2D eigenvalue weighted by atomic mass is 32.2. The van der Waals surface area contributed by atoms with Gasteiger partial charge >= 0.3 is 5.97 Å². The van der Waals surface area contributed by atoms with Gasteiger partial charge in [0.1, 0.15) is 0 Å². The Bertz CT molecular complexity index is 392. The minimum atomic E-state index is -2.84. The minimum Gasteiger partial charge on any atom is -0.481 e. The lowest BCUT2D eigenvalue weighted by atomic mass is 10.2. The lowest BCUT2D eigenvalue weighted by molar-refractivity contribution is -0.138. The first-order valence-electron chi connectivity index (χ1n) is 5.52. The van der Waals surface area contributed by atoms with E-state index in [1.165, 1.54) is 0 Å². The van der Waals surface area contributed by atoms with Gasteiger partial charge in [-0.05, 0) is 25.8 Å². The number of carboxylic acid groups (broad SMARTS) is 1. The smallest absolute Gasteiger partial charge is 0.306 e. The van der Waals surface area contributed by atoms with Gasteiger partial charge in [-0.15, -0.1) is 0 Å². The van der Waals surface area contributed by atoms with Gasteiger partial charge in [-0.1, -0.05) is 0 Å². The maximum absolute atomic E-state index is 11.3. The molecule has 1 saturated heterocycles. The van der Waals surface area contributed by atoms with Gasteiger partial charge in [0.05, 0.1) is 17.4 Å². The van der Waals surface area contributed by atoms with Crippen molar-refractivity contribution in [3.63, 3.8) is 0 Å². The van der Waals surface area contributed by atoms with E-state index in [2.05, 4.69) is 0 Å². The van der Waals surface area contributed by atoms with Crippen LogP contribution >= 0.6 is 0 Å². The maximum atomic E-state index is 11.3. The van der Waals surface area contributed by atoms with Gasteiger partial charge in [-0.3, -0.25) is 4.79 Å². The summed E-state index contributed by atoms with van der Waals surface area (Å²) in [6, 6.07) is 0.0834. The summed E-state index contributed by atoms with van der Waals surface area (Å²) in [5.74, 6) is -0.216. The van der Waals surface area contributed by atoms with E-state index in [9.17, 15) is 13.2 Å². The molecule has 92 valence electrons. The Labute approximate surface area is 95.4 Å². The number of sulfone groups is 1. The molecular weight excluding hydrogens is 230 g/mol. The topological polar surface area (TPSA) is 74.7 Å². The summed E-state index contributed by atoms with van der Waals surface area (Å²) in [6.07, 6.45) is 1.42. The lowest BCUT2D eigenvalue weighted by Gasteiger charge is -2.22. The first-order chi connectivity index (χ1) is 7.39. The van der Waals surface area contributed by atoms with Crippen molar-refractivity contribution in [2.45, 2.75) is 18.9 Å². The molecule has 1 N–H and O–H groups in total. The number of hydrogen-bond acceptors (Lipinski definition) is 4. The Morgan fingerprint density at radius 1 is 1.50 bits per heavy atom. The standard InChI is InChI=1S/C10H17NO4S/c1-11(5-7-4-9(7)10(12)13)8-2-3-16(14,15)6-8/h7-9H,2-6H2,1H3,(H,12,13). The highest BCUT2D eigenvalue weighted by Crippen LogP contribution is 2.39. The van der Waals surface area contributed by atoms with Crippen molar-refractivity contribution < 1.29 is 18.3 Å². The van der Waals surface area contributed by atoms with Crippen molar-refractivity contribution in [3.05, 3.63) is 0 Å². The molecule has 0 spiro atoms. The molecule has 0 aromatic rings. The summed E-state index contributed by atoms with van der Waals surface area (Å²) < 4.78 is 22.6. The maximum Gasteiger partial charge on any atom is 0.306 e. The SMILES string of the molecule is CN(CC1CC1C(=O)O)C1CCS(=O)(=O)C1. The van der Waals surface area contributed by atoms with Crippen LogP contribution in [0.4, 0.5) is 0 Å². The van der Waals surface area contributed by atoms with E-state index < -0.39 is 15.8 Å². The molecule has 1 aliphatic carbocycles. The number of hydrogen-bond donors (Lipinski definition) is 1. The van der Waals surface area contributed by atoms with Gasteiger partial charge in [-0.25, -0.2) is 8.42 Å². The fraction of sp³-hybridized carbons (Fsp3) is 0.900. The molecule has 5 nitrogen and oxygen atoms in total. The van der Waals surface area contributed by atoms with E-state index in [1.807, 2.05) is 11.9 Å². The Kier molecular flexibility index (Phi) is 2.96. The Morgan fingerprint density at radius 3 is 2.62 bits per heavy atom. The van der Waals surface area contributed by atoms with Gasteiger partial charge in [-0.2, -0.15) is 0 Å². The molecule has 16 heavy (non-hydrogen) atoms. The second kappa shape index (κ2) is 4.00. The number of carboxylic acids is 1. The number of aliphatic carboxylic acids is 1. The Morgan fingerprint density at radius 2 is 2.19 bits per heavy atom. The van der Waals surface area contributed by atoms with Crippen LogP contribution in [0.3, 0.4) is 0 Å². The monoisotopic (exact) mass is 247 g/mol. The zero-order valence-corrected chi connectivity index (χ0v) is 10.1. The molecule has 0 aromatic heterocycles. The molecule has 3 atom stereocenters. The summed E-state index contributed by atoms with van der Waals surface area (Å²) in [7, 11) is -0.952. The second-order valence-electron chi connectivity index (χ2n) is 4.94. The van der Waals surface area contributed by atoms with Crippen LogP contribution in [0.2, 0.25) is 0 Å². The highest BCUT2D eigenvalue weighted by molar-refractivity contribution is 7.91. The van der Waals surface area contributed by atoms with Crippen molar-refractivity contribution in [2.75, 3.05) is 25.1 Å².